The maximum Gasteiger partial charge on any atom is 0.251 e. The second-order valence-electron chi connectivity index (χ2n) is 6.49. The average molecular weight is 389 g/mol. The van der Waals surface area contributed by atoms with Crippen molar-refractivity contribution in [3.8, 4) is 11.5 Å². The Morgan fingerprint density at radius 1 is 1.07 bits per heavy atom. The van der Waals surface area contributed by atoms with Gasteiger partial charge in [0.2, 0.25) is 6.79 Å². The van der Waals surface area contributed by atoms with Crippen molar-refractivity contribution in [3.05, 3.63) is 58.6 Å². The van der Waals surface area contributed by atoms with E-state index >= 15 is 0 Å². The summed E-state index contributed by atoms with van der Waals surface area (Å²) in [4.78, 5) is 14.8. The Hall–Kier alpha value is -2.28. The smallest absolute Gasteiger partial charge is 0.251 e. The standard InChI is InChI=1S/C20H21ClN2O4/c21-16-4-1-14(2-5-16)20(24)22-12-17(23-7-9-25-10-8-23)15-3-6-18-19(11-15)27-13-26-18/h1-6,11,17H,7-10,12-13H2,(H,22,24)/t17-/m1/s1. The van der Waals surface area contributed by atoms with Crippen LogP contribution in [-0.4, -0.2) is 50.4 Å². The third-order valence-corrected chi connectivity index (χ3v) is 5.08. The van der Waals surface area contributed by atoms with E-state index in [0.717, 1.165) is 30.2 Å². The molecule has 6 nitrogen and oxygen atoms in total. The van der Waals surface area contributed by atoms with Gasteiger partial charge in [-0.05, 0) is 42.0 Å². The fourth-order valence-corrected chi connectivity index (χ4v) is 3.49. The minimum Gasteiger partial charge on any atom is -0.454 e. The summed E-state index contributed by atoms with van der Waals surface area (Å²) in [5.74, 6) is 1.38. The lowest BCUT2D eigenvalue weighted by molar-refractivity contribution is 0.0162. The van der Waals surface area contributed by atoms with Crippen LogP contribution >= 0.6 is 11.6 Å². The Morgan fingerprint density at radius 3 is 2.59 bits per heavy atom. The molecular weight excluding hydrogens is 368 g/mol. The van der Waals surface area contributed by atoms with E-state index in [0.29, 0.717) is 30.3 Å². The Balaban J connectivity index is 1.51. The molecule has 0 saturated carbocycles. The zero-order valence-electron chi connectivity index (χ0n) is 14.8. The van der Waals surface area contributed by atoms with Crippen LogP contribution in [0.5, 0.6) is 11.5 Å². The highest BCUT2D eigenvalue weighted by Crippen LogP contribution is 2.35. The van der Waals surface area contributed by atoms with Crippen molar-refractivity contribution in [2.24, 2.45) is 0 Å². The van der Waals surface area contributed by atoms with Crippen LogP contribution in [0.15, 0.2) is 42.5 Å². The fourth-order valence-electron chi connectivity index (χ4n) is 3.36. The number of amides is 1. The fraction of sp³-hybridized carbons (Fsp3) is 0.350. The molecule has 0 radical (unpaired) electrons. The first-order valence-corrected chi connectivity index (χ1v) is 9.33. The lowest BCUT2D eigenvalue weighted by Crippen LogP contribution is -2.43. The molecule has 0 aromatic heterocycles. The minimum atomic E-state index is -0.120. The molecule has 1 fully saturated rings. The van der Waals surface area contributed by atoms with E-state index in [1.165, 1.54) is 0 Å². The van der Waals surface area contributed by atoms with Gasteiger partial charge in [-0.15, -0.1) is 0 Å². The predicted octanol–water partition coefficient (Wildman–Crippen LogP) is 2.87. The van der Waals surface area contributed by atoms with Crippen LogP contribution < -0.4 is 14.8 Å². The molecule has 0 aliphatic carbocycles. The molecule has 27 heavy (non-hydrogen) atoms. The number of halogens is 1. The van der Waals surface area contributed by atoms with Gasteiger partial charge in [-0.3, -0.25) is 9.69 Å². The summed E-state index contributed by atoms with van der Waals surface area (Å²) in [6.07, 6.45) is 0. The van der Waals surface area contributed by atoms with Crippen molar-refractivity contribution in [1.82, 2.24) is 10.2 Å². The largest absolute Gasteiger partial charge is 0.454 e. The summed E-state index contributed by atoms with van der Waals surface area (Å²) in [6.45, 7) is 3.74. The number of morpholine rings is 1. The number of benzene rings is 2. The van der Waals surface area contributed by atoms with Gasteiger partial charge in [0.05, 0.1) is 19.3 Å². The third kappa shape index (κ3) is 4.18. The zero-order chi connectivity index (χ0) is 18.6. The van der Waals surface area contributed by atoms with E-state index in [1.807, 2.05) is 18.2 Å². The molecule has 142 valence electrons. The van der Waals surface area contributed by atoms with Gasteiger partial charge in [0, 0.05) is 30.2 Å². The molecule has 1 N–H and O–H groups in total. The highest BCUT2D eigenvalue weighted by Gasteiger charge is 2.25. The summed E-state index contributed by atoms with van der Waals surface area (Å²) in [5, 5.41) is 3.65. The molecule has 2 aromatic rings. The van der Waals surface area contributed by atoms with Crippen LogP contribution in [0, 0.1) is 0 Å². The Kier molecular flexibility index (Phi) is 5.48. The SMILES string of the molecule is O=C(NC[C@H](c1ccc2c(c1)OCO2)N1CCOCC1)c1ccc(Cl)cc1. The van der Waals surface area contributed by atoms with Crippen molar-refractivity contribution >= 4 is 17.5 Å². The van der Waals surface area contributed by atoms with E-state index in [-0.39, 0.29) is 18.7 Å². The Morgan fingerprint density at radius 2 is 1.81 bits per heavy atom. The number of carbonyl (C=O) groups excluding carboxylic acids is 1. The van der Waals surface area contributed by atoms with Crippen LogP contribution in [0.2, 0.25) is 5.02 Å². The molecule has 0 bridgehead atoms. The van der Waals surface area contributed by atoms with Gasteiger partial charge >= 0.3 is 0 Å². The number of hydrogen-bond acceptors (Lipinski definition) is 5. The number of carbonyl (C=O) groups is 1. The second kappa shape index (κ2) is 8.17. The van der Waals surface area contributed by atoms with Crippen molar-refractivity contribution in [1.29, 1.82) is 0 Å². The van der Waals surface area contributed by atoms with Crippen LogP contribution in [0.25, 0.3) is 0 Å². The van der Waals surface area contributed by atoms with Crippen molar-refractivity contribution in [2.75, 3.05) is 39.6 Å². The Bertz CT molecular complexity index is 806. The lowest BCUT2D eigenvalue weighted by Gasteiger charge is -2.35. The molecule has 2 heterocycles. The molecule has 4 rings (SSSR count). The molecule has 2 aliphatic rings. The third-order valence-electron chi connectivity index (χ3n) is 4.83. The lowest BCUT2D eigenvalue weighted by atomic mass is 10.0. The quantitative estimate of drug-likeness (QED) is 0.853. The molecule has 1 amide bonds. The van der Waals surface area contributed by atoms with E-state index < -0.39 is 0 Å². The summed E-state index contributed by atoms with van der Waals surface area (Å²) in [7, 11) is 0. The first kappa shape index (κ1) is 18.1. The van der Waals surface area contributed by atoms with Crippen LogP contribution in [0.4, 0.5) is 0 Å². The topological polar surface area (TPSA) is 60.0 Å². The summed E-state index contributed by atoms with van der Waals surface area (Å²) in [5.41, 5.74) is 1.67. The molecule has 1 atom stereocenters. The van der Waals surface area contributed by atoms with Gasteiger partial charge in [-0.2, -0.15) is 0 Å². The monoisotopic (exact) mass is 388 g/mol. The first-order valence-electron chi connectivity index (χ1n) is 8.96. The van der Waals surface area contributed by atoms with E-state index in [9.17, 15) is 4.79 Å². The van der Waals surface area contributed by atoms with Crippen LogP contribution in [0.3, 0.4) is 0 Å². The molecule has 1 saturated heterocycles. The number of nitrogens with one attached hydrogen (secondary N) is 1. The van der Waals surface area contributed by atoms with Crippen LogP contribution in [-0.2, 0) is 4.74 Å². The van der Waals surface area contributed by atoms with Gasteiger partial charge in [-0.1, -0.05) is 17.7 Å². The summed E-state index contributed by atoms with van der Waals surface area (Å²) in [6, 6.07) is 12.9. The molecule has 0 spiro atoms. The number of fused-ring (bicyclic) bond motifs is 1. The maximum atomic E-state index is 12.5. The molecule has 0 unspecified atom stereocenters. The summed E-state index contributed by atoms with van der Waals surface area (Å²) < 4.78 is 16.4. The number of nitrogens with zero attached hydrogens (tertiary/aromatic N) is 1. The first-order chi connectivity index (χ1) is 13.2. The highest BCUT2D eigenvalue weighted by molar-refractivity contribution is 6.30. The van der Waals surface area contributed by atoms with E-state index in [1.54, 1.807) is 24.3 Å². The number of rotatable bonds is 5. The molecule has 2 aromatic carbocycles. The van der Waals surface area contributed by atoms with Gasteiger partial charge in [0.1, 0.15) is 0 Å². The molecule has 2 aliphatic heterocycles. The normalized spacial score (nSPS) is 17.5. The average Bonchev–Trinajstić information content (AvgIpc) is 3.17. The van der Waals surface area contributed by atoms with Crippen molar-refractivity contribution < 1.29 is 19.0 Å². The summed E-state index contributed by atoms with van der Waals surface area (Å²) >= 11 is 5.90. The minimum absolute atomic E-state index is 0.0275. The predicted molar refractivity (Wildman–Crippen MR) is 101 cm³/mol. The van der Waals surface area contributed by atoms with Crippen molar-refractivity contribution in [3.63, 3.8) is 0 Å². The number of hydrogen-bond donors (Lipinski definition) is 1. The van der Waals surface area contributed by atoms with Gasteiger partial charge in [0.15, 0.2) is 11.5 Å². The molecular formula is C20H21ClN2O4. The van der Waals surface area contributed by atoms with Gasteiger partial charge in [-0.25, -0.2) is 0 Å². The van der Waals surface area contributed by atoms with Gasteiger partial charge in [0.25, 0.3) is 5.91 Å². The van der Waals surface area contributed by atoms with E-state index in [4.69, 9.17) is 25.8 Å². The number of ether oxygens (including phenoxy) is 3. The second-order valence-corrected chi connectivity index (χ2v) is 6.93. The van der Waals surface area contributed by atoms with Crippen molar-refractivity contribution in [2.45, 2.75) is 6.04 Å². The zero-order valence-corrected chi connectivity index (χ0v) is 15.6. The Labute approximate surface area is 163 Å². The maximum absolute atomic E-state index is 12.5. The highest BCUT2D eigenvalue weighted by atomic mass is 35.5. The molecule has 7 heteroatoms. The van der Waals surface area contributed by atoms with Crippen LogP contribution in [0.1, 0.15) is 22.0 Å². The van der Waals surface area contributed by atoms with E-state index in [2.05, 4.69) is 10.2 Å². The van der Waals surface area contributed by atoms with Gasteiger partial charge < -0.3 is 19.5 Å².